The minimum Gasteiger partial charge on any atom is -0.497 e. The molecule has 9 nitrogen and oxygen atoms in total. The standard InChI is InChI=1S/C31H43N3O6/c1-7-9-10-11-19-34(29(37)26(21-35)33-30(38)40-31(3,4)5)27(23-14-12-13-22(8-2)20-23)28(36)32-24-15-17-25(39-6)18-16-24/h8,12-18,20,26-27,35H,2,7,9-11,19,21H2,1,3-6H3,(H,32,36)(H,33,38). The number of aliphatic hydroxyl groups is 1. The lowest BCUT2D eigenvalue weighted by Crippen LogP contribution is -2.54. The van der Waals surface area contributed by atoms with Crippen molar-refractivity contribution in [2.45, 2.75) is 71.1 Å². The number of rotatable bonds is 14. The fourth-order valence-electron chi connectivity index (χ4n) is 4.12. The molecule has 2 aromatic rings. The van der Waals surface area contributed by atoms with E-state index in [9.17, 15) is 19.5 Å². The van der Waals surface area contributed by atoms with Crippen molar-refractivity contribution in [3.8, 4) is 5.75 Å². The van der Waals surface area contributed by atoms with Crippen molar-refractivity contribution in [3.05, 3.63) is 66.2 Å². The van der Waals surface area contributed by atoms with Crippen LogP contribution < -0.4 is 15.4 Å². The third kappa shape index (κ3) is 10.0. The van der Waals surface area contributed by atoms with E-state index in [1.54, 1.807) is 76.4 Å². The summed E-state index contributed by atoms with van der Waals surface area (Å²) in [5, 5.41) is 15.5. The van der Waals surface area contributed by atoms with Crippen molar-refractivity contribution >= 4 is 29.7 Å². The van der Waals surface area contributed by atoms with Gasteiger partial charge in [0, 0.05) is 12.2 Å². The molecule has 2 unspecified atom stereocenters. The zero-order valence-corrected chi connectivity index (χ0v) is 24.2. The largest absolute Gasteiger partial charge is 0.497 e. The highest BCUT2D eigenvalue weighted by molar-refractivity contribution is 5.99. The van der Waals surface area contributed by atoms with Crippen LogP contribution in [-0.2, 0) is 14.3 Å². The normalized spacial score (nSPS) is 12.6. The van der Waals surface area contributed by atoms with Gasteiger partial charge < -0.3 is 30.1 Å². The smallest absolute Gasteiger partial charge is 0.408 e. The summed E-state index contributed by atoms with van der Waals surface area (Å²) in [6.45, 7) is 10.6. The van der Waals surface area contributed by atoms with Crippen molar-refractivity contribution in [2.75, 3.05) is 25.6 Å². The first-order valence-corrected chi connectivity index (χ1v) is 13.6. The highest BCUT2D eigenvalue weighted by Crippen LogP contribution is 2.27. The van der Waals surface area contributed by atoms with Gasteiger partial charge in [-0.05, 0) is 68.7 Å². The second-order valence-corrected chi connectivity index (χ2v) is 10.5. The molecule has 0 spiro atoms. The van der Waals surface area contributed by atoms with E-state index in [0.29, 0.717) is 23.4 Å². The number of nitrogens with zero attached hydrogens (tertiary/aromatic N) is 1. The van der Waals surface area contributed by atoms with Gasteiger partial charge >= 0.3 is 6.09 Å². The average Bonchev–Trinajstić information content (AvgIpc) is 2.92. The number of aliphatic hydroxyl groups excluding tert-OH is 1. The summed E-state index contributed by atoms with van der Waals surface area (Å²) in [7, 11) is 1.56. The molecule has 2 rings (SSSR count). The number of ether oxygens (including phenoxy) is 2. The molecule has 0 heterocycles. The Morgan fingerprint density at radius 2 is 1.77 bits per heavy atom. The predicted octanol–water partition coefficient (Wildman–Crippen LogP) is 5.31. The van der Waals surface area contributed by atoms with E-state index in [0.717, 1.165) is 24.8 Å². The zero-order valence-electron chi connectivity index (χ0n) is 24.2. The summed E-state index contributed by atoms with van der Waals surface area (Å²) in [5.74, 6) is -0.395. The molecule has 9 heteroatoms. The molecule has 0 aliphatic rings. The van der Waals surface area contributed by atoms with Crippen molar-refractivity contribution in [1.29, 1.82) is 0 Å². The van der Waals surface area contributed by atoms with Crippen LogP contribution in [0.2, 0.25) is 0 Å². The SMILES string of the molecule is C=Cc1cccc(C(C(=O)Nc2ccc(OC)cc2)N(CCCCCC)C(=O)C(CO)NC(=O)OC(C)(C)C)c1. The molecule has 0 bridgehead atoms. The zero-order chi connectivity index (χ0) is 29.7. The first-order chi connectivity index (χ1) is 19.0. The molecule has 218 valence electrons. The van der Waals surface area contributed by atoms with E-state index in [4.69, 9.17) is 9.47 Å². The number of hydrogen-bond acceptors (Lipinski definition) is 6. The Hall–Kier alpha value is -3.85. The number of amides is 3. The van der Waals surface area contributed by atoms with Gasteiger partial charge in [0.25, 0.3) is 5.91 Å². The third-order valence-corrected chi connectivity index (χ3v) is 6.09. The molecule has 3 amide bonds. The lowest BCUT2D eigenvalue weighted by Gasteiger charge is -2.34. The van der Waals surface area contributed by atoms with Crippen LogP contribution in [-0.4, -0.2) is 59.8 Å². The monoisotopic (exact) mass is 553 g/mol. The van der Waals surface area contributed by atoms with Crippen molar-refractivity contribution < 1.29 is 29.0 Å². The van der Waals surface area contributed by atoms with Gasteiger partial charge in [-0.2, -0.15) is 0 Å². The fourth-order valence-corrected chi connectivity index (χ4v) is 4.12. The van der Waals surface area contributed by atoms with Gasteiger partial charge in [-0.1, -0.05) is 57.0 Å². The van der Waals surface area contributed by atoms with Gasteiger partial charge in [0.1, 0.15) is 23.4 Å². The molecule has 0 aliphatic heterocycles. The van der Waals surface area contributed by atoms with Crippen molar-refractivity contribution in [2.24, 2.45) is 0 Å². The van der Waals surface area contributed by atoms with Crippen LogP contribution in [0.4, 0.5) is 10.5 Å². The second kappa shape index (κ2) is 15.7. The Kier molecular flexibility index (Phi) is 12.7. The second-order valence-electron chi connectivity index (χ2n) is 10.5. The number of benzene rings is 2. The van der Waals surface area contributed by atoms with E-state index < -0.39 is 42.2 Å². The maximum Gasteiger partial charge on any atom is 0.408 e. The van der Waals surface area contributed by atoms with E-state index >= 15 is 0 Å². The van der Waals surface area contributed by atoms with Crippen LogP contribution in [0.25, 0.3) is 6.08 Å². The Balaban J connectivity index is 2.50. The summed E-state index contributed by atoms with van der Waals surface area (Å²) < 4.78 is 10.5. The van der Waals surface area contributed by atoms with E-state index in [1.165, 1.54) is 4.90 Å². The number of nitrogens with one attached hydrogen (secondary N) is 2. The molecule has 2 atom stereocenters. The molecule has 3 N–H and O–H groups in total. The number of carbonyl (C=O) groups is 3. The number of anilines is 1. The number of carbonyl (C=O) groups excluding carboxylic acids is 3. The Labute approximate surface area is 237 Å². The van der Waals surface area contributed by atoms with E-state index in [1.807, 2.05) is 6.07 Å². The summed E-state index contributed by atoms with van der Waals surface area (Å²) in [4.78, 5) is 41.7. The van der Waals surface area contributed by atoms with E-state index in [-0.39, 0.29) is 6.54 Å². The van der Waals surface area contributed by atoms with Crippen LogP contribution in [0.3, 0.4) is 0 Å². The molecular weight excluding hydrogens is 510 g/mol. The molecule has 0 fully saturated rings. The molecule has 0 radical (unpaired) electrons. The predicted molar refractivity (Wildman–Crippen MR) is 157 cm³/mol. The van der Waals surface area contributed by atoms with Crippen molar-refractivity contribution in [1.82, 2.24) is 10.2 Å². The molecule has 0 aromatic heterocycles. The molecule has 0 saturated carbocycles. The van der Waals surface area contributed by atoms with Gasteiger partial charge in [0.15, 0.2) is 0 Å². The number of methoxy groups -OCH3 is 1. The lowest BCUT2D eigenvalue weighted by atomic mass is 9.99. The Bertz CT molecular complexity index is 1130. The lowest BCUT2D eigenvalue weighted by molar-refractivity contribution is -0.141. The molecule has 0 aliphatic carbocycles. The maximum atomic E-state index is 13.9. The fraction of sp³-hybridized carbons (Fsp3) is 0.452. The van der Waals surface area contributed by atoms with Gasteiger partial charge in [-0.3, -0.25) is 9.59 Å². The Morgan fingerprint density at radius 1 is 1.07 bits per heavy atom. The average molecular weight is 554 g/mol. The number of hydrogen-bond donors (Lipinski definition) is 3. The Morgan fingerprint density at radius 3 is 2.35 bits per heavy atom. The minimum atomic E-state index is -1.31. The van der Waals surface area contributed by atoms with Crippen LogP contribution in [0.5, 0.6) is 5.75 Å². The van der Waals surface area contributed by atoms with Crippen LogP contribution in [0, 0.1) is 0 Å². The highest BCUT2D eigenvalue weighted by Gasteiger charge is 2.36. The summed E-state index contributed by atoms with van der Waals surface area (Å²) >= 11 is 0. The van der Waals surface area contributed by atoms with Gasteiger partial charge in [-0.25, -0.2) is 4.79 Å². The minimum absolute atomic E-state index is 0.240. The molecule has 0 saturated heterocycles. The first kappa shape index (κ1) is 32.4. The number of alkyl carbamates (subject to hydrolysis) is 1. The van der Waals surface area contributed by atoms with E-state index in [2.05, 4.69) is 24.1 Å². The van der Waals surface area contributed by atoms with Gasteiger partial charge in [0.05, 0.1) is 13.7 Å². The molecular formula is C31H43N3O6. The van der Waals surface area contributed by atoms with Crippen molar-refractivity contribution in [3.63, 3.8) is 0 Å². The van der Waals surface area contributed by atoms with Crippen LogP contribution in [0.15, 0.2) is 55.1 Å². The molecule has 40 heavy (non-hydrogen) atoms. The third-order valence-electron chi connectivity index (χ3n) is 6.09. The van der Waals surface area contributed by atoms with Crippen LogP contribution >= 0.6 is 0 Å². The maximum absolute atomic E-state index is 13.9. The molecule has 2 aromatic carbocycles. The quantitative estimate of drug-likeness (QED) is 0.273. The summed E-state index contributed by atoms with van der Waals surface area (Å²) in [6, 6.07) is 11.7. The number of unbranched alkanes of at least 4 members (excludes halogenated alkanes) is 3. The summed E-state index contributed by atoms with van der Waals surface area (Å²) in [5.41, 5.74) is 1.09. The van der Waals surface area contributed by atoms with Crippen LogP contribution in [0.1, 0.15) is 70.5 Å². The first-order valence-electron chi connectivity index (χ1n) is 13.6. The topological polar surface area (TPSA) is 117 Å². The van der Waals surface area contributed by atoms with Gasteiger partial charge in [-0.15, -0.1) is 0 Å². The van der Waals surface area contributed by atoms with Gasteiger partial charge in [0.2, 0.25) is 5.91 Å². The highest BCUT2D eigenvalue weighted by atomic mass is 16.6. The summed E-state index contributed by atoms with van der Waals surface area (Å²) in [6.07, 6.45) is 4.28.